The first-order chi connectivity index (χ1) is 11.9. The summed E-state index contributed by atoms with van der Waals surface area (Å²) >= 11 is 0. The third kappa shape index (κ3) is 2.47. The van der Waals surface area contributed by atoms with Crippen LogP contribution in [0.1, 0.15) is 82.4 Å². The third-order valence-electron chi connectivity index (χ3n) is 7.93. The lowest BCUT2D eigenvalue weighted by Crippen LogP contribution is -2.50. The molecule has 0 spiro atoms. The summed E-state index contributed by atoms with van der Waals surface area (Å²) in [7, 11) is 0. The number of benzene rings is 1. The van der Waals surface area contributed by atoms with Crippen LogP contribution in [-0.2, 0) is 16.6 Å². The molecule has 0 bridgehead atoms. The van der Waals surface area contributed by atoms with E-state index in [0.717, 1.165) is 24.0 Å². The maximum absolute atomic E-state index is 11.7. The Morgan fingerprint density at radius 1 is 1.20 bits per heavy atom. The summed E-state index contributed by atoms with van der Waals surface area (Å²) in [6, 6.07) is 4.26. The lowest BCUT2D eigenvalue weighted by molar-refractivity contribution is -0.134. The number of esters is 1. The molecule has 0 saturated heterocycles. The summed E-state index contributed by atoms with van der Waals surface area (Å²) in [5.41, 5.74) is 5.11. The highest BCUT2D eigenvalue weighted by Gasteiger charge is 2.57. The Morgan fingerprint density at radius 2 is 2.00 bits per heavy atom. The summed E-state index contributed by atoms with van der Waals surface area (Å²) in [6.07, 6.45) is 9.93. The molecule has 4 rings (SSSR count). The van der Waals surface area contributed by atoms with Gasteiger partial charge in [-0.1, -0.05) is 33.6 Å². The first-order valence-electron chi connectivity index (χ1n) is 10.2. The van der Waals surface area contributed by atoms with E-state index in [1.807, 2.05) is 6.92 Å². The van der Waals surface area contributed by atoms with Gasteiger partial charge in [0.2, 0.25) is 0 Å². The van der Waals surface area contributed by atoms with E-state index in [-0.39, 0.29) is 5.97 Å². The highest BCUT2D eigenvalue weighted by atomic mass is 16.5. The van der Waals surface area contributed by atoms with Crippen LogP contribution in [0.15, 0.2) is 12.1 Å². The Balaban J connectivity index is 1.74. The minimum absolute atomic E-state index is 0.139. The van der Waals surface area contributed by atoms with Crippen molar-refractivity contribution < 1.29 is 9.53 Å². The predicted molar refractivity (Wildman–Crippen MR) is 101 cm³/mol. The van der Waals surface area contributed by atoms with Crippen molar-refractivity contribution in [3.8, 4) is 5.75 Å². The molecule has 2 fully saturated rings. The number of hydrogen-bond acceptors (Lipinski definition) is 2. The number of fused-ring (bicyclic) bond motifs is 5. The van der Waals surface area contributed by atoms with Crippen molar-refractivity contribution >= 4 is 5.97 Å². The molecule has 1 aromatic carbocycles. The topological polar surface area (TPSA) is 26.3 Å². The van der Waals surface area contributed by atoms with Gasteiger partial charge in [0.1, 0.15) is 5.75 Å². The standard InChI is InChI=1S/C23H32O2/c1-5-20(24)25-18-12-15(2)21-16(13-18)14-19-22(3)10-7-6-8-17(22)9-11-23(19,21)4/h12-13,17,19H,5-11,14H2,1-4H3. The summed E-state index contributed by atoms with van der Waals surface area (Å²) in [6.45, 7) is 9.16. The Bertz CT molecular complexity index is 706. The first kappa shape index (κ1) is 17.1. The molecule has 3 aliphatic rings. The van der Waals surface area contributed by atoms with Crippen molar-refractivity contribution in [2.24, 2.45) is 17.3 Å². The molecule has 0 amide bonds. The quantitative estimate of drug-likeness (QED) is 0.507. The van der Waals surface area contributed by atoms with Crippen molar-refractivity contribution in [2.75, 3.05) is 0 Å². The SMILES string of the molecule is CCC(=O)Oc1cc(C)c2c(c1)CC1C2(C)CCC2CCCCC21C. The Kier molecular flexibility index (Phi) is 4.01. The average Bonchev–Trinajstić information content (AvgIpc) is 2.88. The second-order valence-electron chi connectivity index (χ2n) is 9.26. The average molecular weight is 341 g/mol. The van der Waals surface area contributed by atoms with E-state index in [9.17, 15) is 4.79 Å². The maximum atomic E-state index is 11.7. The molecule has 2 heteroatoms. The smallest absolute Gasteiger partial charge is 0.310 e. The van der Waals surface area contributed by atoms with Gasteiger partial charge in [0, 0.05) is 6.42 Å². The maximum Gasteiger partial charge on any atom is 0.310 e. The van der Waals surface area contributed by atoms with Gasteiger partial charge in [-0.05, 0) is 90.5 Å². The molecular weight excluding hydrogens is 308 g/mol. The number of ether oxygens (including phenoxy) is 1. The van der Waals surface area contributed by atoms with Crippen LogP contribution in [-0.4, -0.2) is 5.97 Å². The predicted octanol–water partition coefficient (Wildman–Crippen LogP) is 5.73. The molecule has 0 radical (unpaired) electrons. The fourth-order valence-electron chi connectivity index (χ4n) is 6.78. The molecule has 0 heterocycles. The van der Waals surface area contributed by atoms with Crippen molar-refractivity contribution in [2.45, 2.75) is 84.5 Å². The molecule has 2 nitrogen and oxygen atoms in total. The van der Waals surface area contributed by atoms with Crippen LogP contribution in [0.3, 0.4) is 0 Å². The monoisotopic (exact) mass is 340 g/mol. The zero-order chi connectivity index (χ0) is 17.8. The normalized spacial score (nSPS) is 36.3. The van der Waals surface area contributed by atoms with E-state index in [2.05, 4.69) is 32.9 Å². The largest absolute Gasteiger partial charge is 0.427 e. The van der Waals surface area contributed by atoms with E-state index in [0.29, 0.717) is 17.3 Å². The van der Waals surface area contributed by atoms with Gasteiger partial charge in [-0.15, -0.1) is 0 Å². The molecule has 0 N–H and O–H groups in total. The highest BCUT2D eigenvalue weighted by molar-refractivity contribution is 5.72. The number of rotatable bonds is 2. The fourth-order valence-corrected chi connectivity index (χ4v) is 6.78. The zero-order valence-corrected chi connectivity index (χ0v) is 16.3. The highest BCUT2D eigenvalue weighted by Crippen LogP contribution is 2.64. The molecule has 0 aromatic heterocycles. The summed E-state index contributed by atoms with van der Waals surface area (Å²) in [4.78, 5) is 11.7. The van der Waals surface area contributed by atoms with Gasteiger partial charge in [-0.25, -0.2) is 0 Å². The lowest BCUT2D eigenvalue weighted by atomic mass is 9.48. The van der Waals surface area contributed by atoms with Crippen LogP contribution in [0.2, 0.25) is 0 Å². The zero-order valence-electron chi connectivity index (χ0n) is 16.3. The van der Waals surface area contributed by atoms with Gasteiger partial charge in [0.05, 0.1) is 0 Å². The number of aryl methyl sites for hydroxylation is 1. The number of carbonyl (C=O) groups is 1. The van der Waals surface area contributed by atoms with Gasteiger partial charge < -0.3 is 4.74 Å². The molecule has 4 unspecified atom stereocenters. The number of carbonyl (C=O) groups excluding carboxylic acids is 1. The van der Waals surface area contributed by atoms with Crippen LogP contribution in [0, 0.1) is 24.2 Å². The van der Waals surface area contributed by atoms with Crippen molar-refractivity contribution in [3.05, 3.63) is 28.8 Å². The second kappa shape index (κ2) is 5.86. The van der Waals surface area contributed by atoms with E-state index in [4.69, 9.17) is 4.74 Å². The van der Waals surface area contributed by atoms with E-state index < -0.39 is 0 Å². The van der Waals surface area contributed by atoms with E-state index >= 15 is 0 Å². The van der Waals surface area contributed by atoms with Gasteiger partial charge >= 0.3 is 5.97 Å². The lowest BCUT2D eigenvalue weighted by Gasteiger charge is -2.56. The molecule has 136 valence electrons. The van der Waals surface area contributed by atoms with Gasteiger partial charge in [0.25, 0.3) is 0 Å². The summed E-state index contributed by atoms with van der Waals surface area (Å²) in [5, 5.41) is 0. The molecular formula is C23H32O2. The summed E-state index contributed by atoms with van der Waals surface area (Å²) in [5.74, 6) is 2.26. The van der Waals surface area contributed by atoms with Crippen LogP contribution in [0.5, 0.6) is 5.75 Å². The summed E-state index contributed by atoms with van der Waals surface area (Å²) < 4.78 is 5.55. The Hall–Kier alpha value is -1.31. The fraction of sp³-hybridized carbons (Fsp3) is 0.696. The van der Waals surface area contributed by atoms with Crippen molar-refractivity contribution in [1.29, 1.82) is 0 Å². The Labute approximate surface area is 152 Å². The first-order valence-corrected chi connectivity index (χ1v) is 10.2. The Morgan fingerprint density at radius 3 is 2.76 bits per heavy atom. The molecule has 25 heavy (non-hydrogen) atoms. The van der Waals surface area contributed by atoms with Crippen LogP contribution >= 0.6 is 0 Å². The third-order valence-corrected chi connectivity index (χ3v) is 7.93. The minimum atomic E-state index is -0.139. The van der Waals surface area contributed by atoms with Crippen LogP contribution in [0.25, 0.3) is 0 Å². The van der Waals surface area contributed by atoms with Crippen LogP contribution in [0.4, 0.5) is 0 Å². The second-order valence-corrected chi connectivity index (χ2v) is 9.26. The van der Waals surface area contributed by atoms with Crippen molar-refractivity contribution in [3.63, 3.8) is 0 Å². The minimum Gasteiger partial charge on any atom is -0.427 e. The molecule has 4 atom stereocenters. The molecule has 2 saturated carbocycles. The molecule has 0 aliphatic heterocycles. The van der Waals surface area contributed by atoms with Gasteiger partial charge in [-0.2, -0.15) is 0 Å². The number of hydrogen-bond donors (Lipinski definition) is 0. The van der Waals surface area contributed by atoms with Gasteiger partial charge in [0.15, 0.2) is 0 Å². The van der Waals surface area contributed by atoms with Crippen LogP contribution < -0.4 is 4.74 Å². The molecule has 3 aliphatic carbocycles. The van der Waals surface area contributed by atoms with Crippen molar-refractivity contribution in [1.82, 2.24) is 0 Å². The van der Waals surface area contributed by atoms with E-state index in [1.165, 1.54) is 49.7 Å². The molecule has 1 aromatic rings. The van der Waals surface area contributed by atoms with E-state index in [1.54, 1.807) is 5.56 Å². The van der Waals surface area contributed by atoms with Gasteiger partial charge in [-0.3, -0.25) is 4.79 Å².